The van der Waals surface area contributed by atoms with E-state index in [0.29, 0.717) is 28.8 Å². The van der Waals surface area contributed by atoms with Gasteiger partial charge in [-0.15, -0.1) is 5.10 Å². The van der Waals surface area contributed by atoms with Gasteiger partial charge in [0.15, 0.2) is 5.78 Å². The van der Waals surface area contributed by atoms with Crippen molar-refractivity contribution in [1.82, 2.24) is 19.6 Å². The van der Waals surface area contributed by atoms with Crippen LogP contribution in [0.15, 0.2) is 35.6 Å². The third-order valence-electron chi connectivity index (χ3n) is 4.02. The summed E-state index contributed by atoms with van der Waals surface area (Å²) in [7, 11) is 0. The molecule has 1 aromatic carbocycles. The number of benzene rings is 1. The number of hydrogen-bond acceptors (Lipinski definition) is 5. The van der Waals surface area contributed by atoms with Crippen LogP contribution >= 0.6 is 23.4 Å². The van der Waals surface area contributed by atoms with E-state index >= 15 is 0 Å². The van der Waals surface area contributed by atoms with Crippen molar-refractivity contribution in [2.75, 3.05) is 0 Å². The minimum atomic E-state index is 0.141. The van der Waals surface area contributed by atoms with E-state index in [1.54, 1.807) is 10.7 Å². The van der Waals surface area contributed by atoms with Gasteiger partial charge in [0.2, 0.25) is 5.16 Å². The van der Waals surface area contributed by atoms with Gasteiger partial charge in [-0.05, 0) is 30.0 Å². The fraction of sp³-hybridized carbons (Fsp3) is 0.294. The molecule has 0 saturated carbocycles. The number of ketones is 1. The molecule has 1 unspecified atom stereocenters. The maximum atomic E-state index is 12.2. The van der Waals surface area contributed by atoms with Crippen LogP contribution in [0.25, 0.3) is 5.78 Å². The molecule has 1 aliphatic carbocycles. The van der Waals surface area contributed by atoms with Gasteiger partial charge in [-0.25, -0.2) is 9.50 Å². The summed E-state index contributed by atoms with van der Waals surface area (Å²) < 4.78 is 1.60. The summed E-state index contributed by atoms with van der Waals surface area (Å²) in [6.07, 6.45) is 3.16. The summed E-state index contributed by atoms with van der Waals surface area (Å²) in [5, 5.41) is 5.80. The number of nitrogens with zero attached hydrogens (tertiary/aromatic N) is 4. The zero-order valence-electron chi connectivity index (χ0n) is 13.1. The topological polar surface area (TPSA) is 60.2 Å². The Hall–Kier alpha value is -1.92. The molecule has 0 aliphatic heterocycles. The van der Waals surface area contributed by atoms with Crippen molar-refractivity contribution in [3.05, 3.63) is 52.3 Å². The van der Waals surface area contributed by atoms with Gasteiger partial charge in [-0.2, -0.15) is 4.98 Å². The number of fused-ring (bicyclic) bond motifs is 2. The molecule has 0 bridgehead atoms. The molecule has 122 valence electrons. The molecule has 2 heterocycles. The van der Waals surface area contributed by atoms with Crippen molar-refractivity contribution in [2.45, 2.75) is 30.7 Å². The molecule has 24 heavy (non-hydrogen) atoms. The second-order valence-corrected chi connectivity index (χ2v) is 7.47. The SMILES string of the molecule is CC1CC(=O)c2cn3nc(SCc4cccc(Cl)c4)nc3nc2C1. The highest BCUT2D eigenvalue weighted by molar-refractivity contribution is 7.98. The van der Waals surface area contributed by atoms with Crippen LogP contribution in [-0.4, -0.2) is 25.4 Å². The van der Waals surface area contributed by atoms with E-state index in [9.17, 15) is 4.79 Å². The maximum absolute atomic E-state index is 12.2. The average Bonchev–Trinajstić information content (AvgIpc) is 2.93. The monoisotopic (exact) mass is 358 g/mol. The Labute approximate surface area is 148 Å². The molecule has 0 spiro atoms. The predicted molar refractivity (Wildman–Crippen MR) is 93.6 cm³/mol. The molecule has 0 amide bonds. The van der Waals surface area contributed by atoms with Crippen molar-refractivity contribution >= 4 is 34.9 Å². The third kappa shape index (κ3) is 3.03. The highest BCUT2D eigenvalue weighted by Crippen LogP contribution is 2.26. The normalized spacial score (nSPS) is 17.2. The molecule has 4 rings (SSSR count). The summed E-state index contributed by atoms with van der Waals surface area (Å²) in [6, 6.07) is 7.73. The predicted octanol–water partition coefficient (Wildman–Crippen LogP) is 3.84. The van der Waals surface area contributed by atoms with Gasteiger partial charge in [-0.3, -0.25) is 4.79 Å². The van der Waals surface area contributed by atoms with Crippen LogP contribution in [0.5, 0.6) is 0 Å². The molecule has 7 heteroatoms. The summed E-state index contributed by atoms with van der Waals surface area (Å²) in [5.41, 5.74) is 2.63. The minimum Gasteiger partial charge on any atom is -0.294 e. The molecule has 0 N–H and O–H groups in total. The van der Waals surface area contributed by atoms with Crippen LogP contribution in [-0.2, 0) is 12.2 Å². The maximum Gasteiger partial charge on any atom is 0.253 e. The number of Topliss-reactive ketones (excluding diaryl/α,β-unsaturated/α-hetero) is 1. The number of aromatic nitrogens is 4. The largest absolute Gasteiger partial charge is 0.294 e. The van der Waals surface area contributed by atoms with Crippen LogP contribution in [0.2, 0.25) is 5.02 Å². The lowest BCUT2D eigenvalue weighted by molar-refractivity contribution is 0.0951. The van der Waals surface area contributed by atoms with Gasteiger partial charge in [0, 0.05) is 23.4 Å². The third-order valence-corrected chi connectivity index (χ3v) is 5.17. The van der Waals surface area contributed by atoms with E-state index in [4.69, 9.17) is 11.6 Å². The van der Waals surface area contributed by atoms with Crippen LogP contribution < -0.4 is 0 Å². The molecule has 1 aliphatic rings. The summed E-state index contributed by atoms with van der Waals surface area (Å²) >= 11 is 7.53. The van der Waals surface area contributed by atoms with E-state index in [2.05, 4.69) is 22.0 Å². The van der Waals surface area contributed by atoms with Gasteiger partial charge in [-0.1, -0.05) is 42.4 Å². The van der Waals surface area contributed by atoms with Crippen LogP contribution in [0.1, 0.15) is 35.0 Å². The van der Waals surface area contributed by atoms with E-state index in [1.807, 2.05) is 24.3 Å². The first-order valence-corrected chi connectivity index (χ1v) is 9.11. The van der Waals surface area contributed by atoms with Gasteiger partial charge in [0.05, 0.1) is 11.3 Å². The molecule has 0 saturated heterocycles. The summed E-state index contributed by atoms with van der Waals surface area (Å²) in [5.74, 6) is 1.75. The molecular formula is C17H15ClN4OS. The standard InChI is InChI=1S/C17H15ClN4OS/c1-10-5-14-13(15(23)6-10)8-22-16(19-14)20-17(21-22)24-9-11-3-2-4-12(18)7-11/h2-4,7-8,10H,5-6,9H2,1H3. The number of hydrogen-bond donors (Lipinski definition) is 0. The summed E-state index contributed by atoms with van der Waals surface area (Å²) in [6.45, 7) is 2.07. The molecule has 2 aromatic heterocycles. The Morgan fingerprint density at radius 2 is 2.21 bits per heavy atom. The number of carbonyl (C=O) groups is 1. The molecule has 1 atom stereocenters. The van der Waals surface area contributed by atoms with Crippen molar-refractivity contribution in [2.24, 2.45) is 5.92 Å². The molecular weight excluding hydrogens is 344 g/mol. The lowest BCUT2D eigenvalue weighted by Gasteiger charge is -2.18. The second kappa shape index (κ2) is 6.18. The average molecular weight is 359 g/mol. The van der Waals surface area contributed by atoms with Crippen molar-refractivity contribution in [1.29, 1.82) is 0 Å². The fourth-order valence-electron chi connectivity index (χ4n) is 2.89. The zero-order chi connectivity index (χ0) is 16.7. The van der Waals surface area contributed by atoms with E-state index in [-0.39, 0.29) is 5.78 Å². The highest BCUT2D eigenvalue weighted by Gasteiger charge is 2.25. The van der Waals surface area contributed by atoms with E-state index < -0.39 is 0 Å². The van der Waals surface area contributed by atoms with E-state index in [0.717, 1.165) is 28.5 Å². The lowest BCUT2D eigenvalue weighted by Crippen LogP contribution is -2.20. The van der Waals surface area contributed by atoms with Crippen molar-refractivity contribution in [3.63, 3.8) is 0 Å². The quantitative estimate of drug-likeness (QED) is 0.666. The fourth-order valence-corrected chi connectivity index (χ4v) is 3.87. The zero-order valence-corrected chi connectivity index (χ0v) is 14.6. The van der Waals surface area contributed by atoms with Gasteiger partial charge in [0.1, 0.15) is 0 Å². The second-order valence-electron chi connectivity index (χ2n) is 6.10. The molecule has 3 aromatic rings. The van der Waals surface area contributed by atoms with Gasteiger partial charge >= 0.3 is 0 Å². The van der Waals surface area contributed by atoms with Crippen molar-refractivity contribution < 1.29 is 4.79 Å². The number of halogens is 1. The van der Waals surface area contributed by atoms with Crippen LogP contribution in [0, 0.1) is 5.92 Å². The Morgan fingerprint density at radius 1 is 1.33 bits per heavy atom. The first kappa shape index (κ1) is 15.6. The number of thioether (sulfide) groups is 1. The Bertz CT molecular complexity index is 939. The van der Waals surface area contributed by atoms with Gasteiger partial charge in [0.25, 0.3) is 5.78 Å². The molecule has 0 fully saturated rings. The molecule has 0 radical (unpaired) electrons. The Balaban J connectivity index is 1.60. The van der Waals surface area contributed by atoms with Crippen LogP contribution in [0.4, 0.5) is 0 Å². The van der Waals surface area contributed by atoms with Crippen LogP contribution in [0.3, 0.4) is 0 Å². The van der Waals surface area contributed by atoms with E-state index in [1.165, 1.54) is 11.8 Å². The summed E-state index contributed by atoms with van der Waals surface area (Å²) in [4.78, 5) is 21.2. The number of carbonyl (C=O) groups excluding carboxylic acids is 1. The minimum absolute atomic E-state index is 0.141. The lowest BCUT2D eigenvalue weighted by atomic mass is 9.88. The van der Waals surface area contributed by atoms with Crippen molar-refractivity contribution in [3.8, 4) is 0 Å². The first-order chi connectivity index (χ1) is 11.6. The Kier molecular flexibility index (Phi) is 4.02. The Morgan fingerprint density at radius 3 is 3.04 bits per heavy atom. The first-order valence-electron chi connectivity index (χ1n) is 7.75. The highest BCUT2D eigenvalue weighted by atomic mass is 35.5. The molecule has 5 nitrogen and oxygen atoms in total. The number of rotatable bonds is 3. The van der Waals surface area contributed by atoms with Gasteiger partial charge < -0.3 is 0 Å². The smallest absolute Gasteiger partial charge is 0.253 e.